The summed E-state index contributed by atoms with van der Waals surface area (Å²) in [7, 11) is 0. The molecule has 3 aromatic rings. The molecule has 0 spiro atoms. The lowest BCUT2D eigenvalue weighted by Gasteiger charge is -2.04. The number of ether oxygens (including phenoxy) is 1. The minimum atomic E-state index is 0.211. The van der Waals surface area contributed by atoms with Gasteiger partial charge in [0.1, 0.15) is 11.5 Å². The van der Waals surface area contributed by atoms with Gasteiger partial charge in [-0.15, -0.1) is 0 Å². The van der Waals surface area contributed by atoms with Crippen molar-refractivity contribution in [1.82, 2.24) is 4.98 Å². The Hall–Kier alpha value is -2.88. The molecule has 4 heteroatoms. The Bertz CT molecular complexity index is 712. The number of nitrogens with zero attached hydrogens (tertiary/aromatic N) is 2. The average molecular weight is 279 g/mol. The maximum Gasteiger partial charge on any atom is 0.285 e. The quantitative estimate of drug-likeness (QED) is 0.747. The summed E-state index contributed by atoms with van der Waals surface area (Å²) in [4.78, 5) is 4.19. The molecule has 0 aliphatic rings. The molecule has 0 saturated carbocycles. The lowest BCUT2D eigenvalue weighted by atomic mass is 10.2. The van der Waals surface area contributed by atoms with Gasteiger partial charge in [0, 0.05) is 5.56 Å². The van der Waals surface area contributed by atoms with Crippen LogP contribution in [0.1, 0.15) is 5.56 Å². The van der Waals surface area contributed by atoms with Gasteiger partial charge in [0.25, 0.3) is 5.88 Å². The van der Waals surface area contributed by atoms with Gasteiger partial charge in [-0.1, -0.05) is 30.3 Å². The summed E-state index contributed by atoms with van der Waals surface area (Å²) in [6, 6.07) is 16.8. The number of phenols is 1. The van der Waals surface area contributed by atoms with Crippen molar-refractivity contribution in [1.29, 1.82) is 0 Å². The van der Waals surface area contributed by atoms with E-state index < -0.39 is 0 Å². The van der Waals surface area contributed by atoms with Crippen LogP contribution in [0.4, 0.5) is 0 Å². The Labute approximate surface area is 122 Å². The van der Waals surface area contributed by atoms with Gasteiger partial charge in [0.05, 0.1) is 6.20 Å². The van der Waals surface area contributed by atoms with Crippen molar-refractivity contribution in [3.63, 3.8) is 0 Å². The van der Waals surface area contributed by atoms with E-state index in [-0.39, 0.29) is 5.75 Å². The third kappa shape index (κ3) is 3.57. The van der Waals surface area contributed by atoms with Crippen LogP contribution < -0.4 is 9.30 Å². The van der Waals surface area contributed by atoms with Crippen LogP contribution in [0.3, 0.4) is 0 Å². The largest absolute Gasteiger partial charge is 0.508 e. The smallest absolute Gasteiger partial charge is 0.285 e. The molecule has 2 aromatic carbocycles. The molecule has 0 aliphatic heterocycles. The van der Waals surface area contributed by atoms with Crippen LogP contribution in [0.5, 0.6) is 17.4 Å². The Morgan fingerprint density at radius 3 is 2.52 bits per heavy atom. The predicted molar refractivity (Wildman–Crippen MR) is 78.2 cm³/mol. The fourth-order valence-corrected chi connectivity index (χ4v) is 1.99. The molecular formula is C17H15N2O2+. The molecule has 1 aromatic heterocycles. The highest BCUT2D eigenvalue weighted by molar-refractivity contribution is 5.32. The van der Waals surface area contributed by atoms with E-state index in [1.807, 2.05) is 35.2 Å². The van der Waals surface area contributed by atoms with E-state index in [1.165, 1.54) is 5.56 Å². The number of benzene rings is 2. The zero-order valence-corrected chi connectivity index (χ0v) is 11.4. The number of aromatic hydroxyl groups is 1. The Kier molecular flexibility index (Phi) is 3.78. The van der Waals surface area contributed by atoms with E-state index in [0.717, 1.165) is 6.54 Å². The van der Waals surface area contributed by atoms with Crippen LogP contribution in [0.25, 0.3) is 0 Å². The van der Waals surface area contributed by atoms with E-state index in [9.17, 15) is 5.11 Å². The standard InChI is InChI=1S/C17H14N2O2/c20-15-6-8-16(9-7-15)21-17-13-19(11-10-18-17)12-14-4-2-1-3-5-14/h1-11,13H,12H2/p+1. The second kappa shape index (κ2) is 6.05. The maximum atomic E-state index is 9.26. The molecule has 4 nitrogen and oxygen atoms in total. The van der Waals surface area contributed by atoms with Crippen molar-refractivity contribution in [3.8, 4) is 17.4 Å². The second-order valence-electron chi connectivity index (χ2n) is 4.65. The van der Waals surface area contributed by atoms with Gasteiger partial charge in [0.15, 0.2) is 12.7 Å². The highest BCUT2D eigenvalue weighted by atomic mass is 16.5. The van der Waals surface area contributed by atoms with Gasteiger partial charge in [-0.2, -0.15) is 4.57 Å². The van der Waals surface area contributed by atoms with E-state index in [1.54, 1.807) is 30.5 Å². The fourth-order valence-electron chi connectivity index (χ4n) is 1.99. The Balaban J connectivity index is 1.75. The molecule has 0 bridgehead atoms. The summed E-state index contributed by atoms with van der Waals surface area (Å²) in [5.41, 5.74) is 1.21. The van der Waals surface area contributed by atoms with Crippen molar-refractivity contribution in [2.75, 3.05) is 0 Å². The third-order valence-corrected chi connectivity index (χ3v) is 3.00. The normalized spacial score (nSPS) is 10.3. The molecule has 0 saturated heterocycles. The van der Waals surface area contributed by atoms with Crippen LogP contribution in [0.15, 0.2) is 73.2 Å². The first-order valence-corrected chi connectivity index (χ1v) is 6.65. The van der Waals surface area contributed by atoms with Gasteiger partial charge in [-0.3, -0.25) is 0 Å². The molecule has 0 unspecified atom stereocenters. The molecule has 104 valence electrons. The summed E-state index contributed by atoms with van der Waals surface area (Å²) in [6.07, 6.45) is 5.45. The first-order chi connectivity index (χ1) is 10.3. The maximum absolute atomic E-state index is 9.26. The van der Waals surface area contributed by atoms with Crippen LogP contribution in [-0.4, -0.2) is 10.1 Å². The lowest BCUT2D eigenvalue weighted by Crippen LogP contribution is -2.33. The Morgan fingerprint density at radius 2 is 1.76 bits per heavy atom. The molecule has 0 amide bonds. The number of rotatable bonds is 4. The first kappa shape index (κ1) is 13.1. The van der Waals surface area contributed by atoms with Crippen LogP contribution in [-0.2, 0) is 6.54 Å². The van der Waals surface area contributed by atoms with Crippen molar-refractivity contribution >= 4 is 0 Å². The summed E-state index contributed by atoms with van der Waals surface area (Å²) in [6.45, 7) is 0.759. The van der Waals surface area contributed by atoms with Gasteiger partial charge < -0.3 is 9.84 Å². The minimum absolute atomic E-state index is 0.211. The molecule has 1 N–H and O–H groups in total. The van der Waals surface area contributed by atoms with Gasteiger partial charge in [-0.05, 0) is 24.3 Å². The molecule has 0 atom stereocenters. The van der Waals surface area contributed by atoms with Crippen LogP contribution in [0, 0.1) is 0 Å². The van der Waals surface area contributed by atoms with Crippen LogP contribution in [0.2, 0.25) is 0 Å². The van der Waals surface area contributed by atoms with Crippen molar-refractivity contribution in [2.24, 2.45) is 0 Å². The minimum Gasteiger partial charge on any atom is -0.508 e. The molecule has 0 fully saturated rings. The van der Waals surface area contributed by atoms with Gasteiger partial charge in [0.2, 0.25) is 6.20 Å². The fraction of sp³-hybridized carbons (Fsp3) is 0.0588. The summed E-state index contributed by atoms with van der Waals surface area (Å²) in [5, 5.41) is 9.26. The van der Waals surface area contributed by atoms with E-state index >= 15 is 0 Å². The predicted octanol–water partition coefficient (Wildman–Crippen LogP) is 2.92. The third-order valence-electron chi connectivity index (χ3n) is 3.00. The van der Waals surface area contributed by atoms with Crippen LogP contribution >= 0.6 is 0 Å². The summed E-state index contributed by atoms with van der Waals surface area (Å²) in [5.74, 6) is 1.36. The zero-order chi connectivity index (χ0) is 14.5. The molecule has 1 heterocycles. The number of hydrogen-bond acceptors (Lipinski definition) is 3. The number of phenolic OH excluding ortho intramolecular Hbond substituents is 1. The van der Waals surface area contributed by atoms with Crippen molar-refractivity contribution < 1.29 is 14.4 Å². The molecule has 0 aliphatic carbocycles. The average Bonchev–Trinajstić information content (AvgIpc) is 2.51. The summed E-state index contributed by atoms with van der Waals surface area (Å²) < 4.78 is 7.68. The first-order valence-electron chi connectivity index (χ1n) is 6.65. The number of hydrogen-bond donors (Lipinski definition) is 1. The molecule has 0 radical (unpaired) electrons. The number of aromatic nitrogens is 2. The Morgan fingerprint density at radius 1 is 1.00 bits per heavy atom. The highest BCUT2D eigenvalue weighted by Gasteiger charge is 2.07. The topological polar surface area (TPSA) is 46.2 Å². The second-order valence-corrected chi connectivity index (χ2v) is 4.65. The van der Waals surface area contributed by atoms with Gasteiger partial charge in [-0.25, -0.2) is 4.98 Å². The van der Waals surface area contributed by atoms with Crippen molar-refractivity contribution in [3.05, 3.63) is 78.8 Å². The SMILES string of the molecule is Oc1ccc(Oc2c[n+](Cc3ccccc3)ccn2)cc1. The molecule has 3 rings (SSSR count). The van der Waals surface area contributed by atoms with Crippen molar-refractivity contribution in [2.45, 2.75) is 6.54 Å². The molecular weight excluding hydrogens is 264 g/mol. The lowest BCUT2D eigenvalue weighted by molar-refractivity contribution is -0.689. The van der Waals surface area contributed by atoms with E-state index in [0.29, 0.717) is 11.6 Å². The van der Waals surface area contributed by atoms with Gasteiger partial charge >= 0.3 is 0 Å². The highest BCUT2D eigenvalue weighted by Crippen LogP contribution is 2.20. The monoisotopic (exact) mass is 279 g/mol. The van der Waals surface area contributed by atoms with E-state index in [4.69, 9.17) is 4.74 Å². The van der Waals surface area contributed by atoms with E-state index in [2.05, 4.69) is 17.1 Å². The molecule has 21 heavy (non-hydrogen) atoms. The zero-order valence-electron chi connectivity index (χ0n) is 11.4. The summed E-state index contributed by atoms with van der Waals surface area (Å²) >= 11 is 0.